The number of benzene rings is 1. The van der Waals surface area contributed by atoms with Crippen molar-refractivity contribution in [1.82, 2.24) is 15.1 Å². The second-order valence-corrected chi connectivity index (χ2v) is 7.30. The van der Waals surface area contributed by atoms with Crippen molar-refractivity contribution in [2.75, 3.05) is 0 Å². The predicted octanol–water partition coefficient (Wildman–Crippen LogP) is 4.62. The van der Waals surface area contributed by atoms with E-state index >= 15 is 0 Å². The average Bonchev–Trinajstić information content (AvgIpc) is 3.12. The SMILES string of the molecule is Cc1ccc(-c2cc(C(=O)NC(C)(C)C)n(-c3ccccc3Cl)n2)o1. The minimum atomic E-state index is -0.367. The van der Waals surface area contributed by atoms with Gasteiger partial charge in [-0.05, 0) is 52.0 Å². The molecule has 0 spiro atoms. The standard InChI is InChI=1S/C19H20ClN3O2/c1-12-9-10-17(25-12)14-11-16(18(24)21-19(2,3)4)23(22-14)15-8-6-5-7-13(15)20/h5-11H,1-4H3,(H,21,24). The van der Waals surface area contributed by atoms with Crippen molar-refractivity contribution in [3.05, 3.63) is 58.9 Å². The van der Waals surface area contributed by atoms with Crippen LogP contribution in [-0.4, -0.2) is 21.2 Å². The monoisotopic (exact) mass is 357 g/mol. The topological polar surface area (TPSA) is 60.1 Å². The zero-order valence-corrected chi connectivity index (χ0v) is 15.4. The third kappa shape index (κ3) is 3.77. The number of para-hydroxylation sites is 1. The molecule has 0 aliphatic carbocycles. The van der Waals surface area contributed by atoms with Crippen molar-refractivity contribution in [3.8, 4) is 17.1 Å². The summed E-state index contributed by atoms with van der Waals surface area (Å²) in [6.07, 6.45) is 0. The minimum absolute atomic E-state index is 0.227. The average molecular weight is 358 g/mol. The summed E-state index contributed by atoms with van der Waals surface area (Å²) in [5, 5.41) is 8.03. The molecule has 0 bridgehead atoms. The van der Waals surface area contributed by atoms with Gasteiger partial charge in [0.15, 0.2) is 5.76 Å². The van der Waals surface area contributed by atoms with Crippen molar-refractivity contribution >= 4 is 17.5 Å². The van der Waals surface area contributed by atoms with Crippen molar-refractivity contribution < 1.29 is 9.21 Å². The number of halogens is 1. The molecule has 2 aromatic heterocycles. The number of carbonyl (C=O) groups is 1. The molecule has 0 fully saturated rings. The number of amides is 1. The maximum atomic E-state index is 12.8. The fraction of sp³-hybridized carbons (Fsp3) is 0.263. The molecule has 130 valence electrons. The van der Waals surface area contributed by atoms with Crippen LogP contribution in [0.25, 0.3) is 17.1 Å². The Morgan fingerprint density at radius 3 is 2.52 bits per heavy atom. The van der Waals surface area contributed by atoms with Gasteiger partial charge in [0.05, 0.1) is 10.7 Å². The molecular formula is C19H20ClN3O2. The van der Waals surface area contributed by atoms with E-state index in [2.05, 4.69) is 10.4 Å². The molecule has 25 heavy (non-hydrogen) atoms. The van der Waals surface area contributed by atoms with Crippen molar-refractivity contribution in [1.29, 1.82) is 0 Å². The molecule has 3 aromatic rings. The van der Waals surface area contributed by atoms with E-state index in [0.717, 1.165) is 5.76 Å². The van der Waals surface area contributed by atoms with E-state index in [9.17, 15) is 4.79 Å². The van der Waals surface area contributed by atoms with E-state index in [1.165, 1.54) is 0 Å². The summed E-state index contributed by atoms with van der Waals surface area (Å²) < 4.78 is 7.20. The first-order valence-corrected chi connectivity index (χ1v) is 8.37. The second kappa shape index (κ2) is 6.41. The van der Waals surface area contributed by atoms with Gasteiger partial charge in [0.25, 0.3) is 5.91 Å². The third-order valence-corrected chi connectivity index (χ3v) is 3.82. The summed E-state index contributed by atoms with van der Waals surface area (Å²) in [6.45, 7) is 7.65. The Kier molecular flexibility index (Phi) is 4.43. The maximum Gasteiger partial charge on any atom is 0.270 e. The lowest BCUT2D eigenvalue weighted by Gasteiger charge is -2.20. The van der Waals surface area contributed by atoms with Crippen LogP contribution < -0.4 is 5.32 Å². The number of nitrogens with zero attached hydrogens (tertiary/aromatic N) is 2. The van der Waals surface area contributed by atoms with Gasteiger partial charge in [-0.25, -0.2) is 4.68 Å². The summed E-state index contributed by atoms with van der Waals surface area (Å²) in [4.78, 5) is 12.8. The number of furan rings is 1. The Hall–Kier alpha value is -2.53. The molecule has 1 N–H and O–H groups in total. The van der Waals surface area contributed by atoms with Gasteiger partial charge in [0.1, 0.15) is 17.1 Å². The number of nitrogens with one attached hydrogen (secondary N) is 1. The molecule has 0 aliphatic heterocycles. The van der Waals surface area contributed by atoms with Crippen molar-refractivity contribution in [3.63, 3.8) is 0 Å². The van der Waals surface area contributed by atoms with Gasteiger partial charge in [0, 0.05) is 11.6 Å². The van der Waals surface area contributed by atoms with Crippen LogP contribution in [0.5, 0.6) is 0 Å². The highest BCUT2D eigenvalue weighted by atomic mass is 35.5. The molecule has 3 rings (SSSR count). The van der Waals surface area contributed by atoms with Gasteiger partial charge in [0.2, 0.25) is 0 Å². The van der Waals surface area contributed by atoms with Crippen LogP contribution in [0.15, 0.2) is 46.9 Å². The Bertz CT molecular complexity index is 919. The molecule has 5 nitrogen and oxygen atoms in total. The number of aryl methyl sites for hydroxylation is 1. The first-order chi connectivity index (χ1) is 11.7. The number of aromatic nitrogens is 2. The summed E-state index contributed by atoms with van der Waals surface area (Å²) >= 11 is 6.31. The molecular weight excluding hydrogens is 338 g/mol. The third-order valence-electron chi connectivity index (χ3n) is 3.50. The van der Waals surface area contributed by atoms with E-state index < -0.39 is 0 Å². The van der Waals surface area contributed by atoms with Crippen molar-refractivity contribution in [2.24, 2.45) is 0 Å². The summed E-state index contributed by atoms with van der Waals surface area (Å²) in [5.74, 6) is 1.16. The van der Waals surface area contributed by atoms with Gasteiger partial charge >= 0.3 is 0 Å². The molecule has 0 saturated carbocycles. The van der Waals surface area contributed by atoms with E-state index in [0.29, 0.717) is 27.9 Å². The van der Waals surface area contributed by atoms with Crippen LogP contribution in [-0.2, 0) is 0 Å². The van der Waals surface area contributed by atoms with Gasteiger partial charge in [-0.1, -0.05) is 23.7 Å². The number of carbonyl (C=O) groups excluding carboxylic acids is 1. The van der Waals surface area contributed by atoms with Gasteiger partial charge in [-0.15, -0.1) is 0 Å². The second-order valence-electron chi connectivity index (χ2n) is 6.89. The summed E-state index contributed by atoms with van der Waals surface area (Å²) in [5.41, 5.74) is 1.24. The first-order valence-electron chi connectivity index (χ1n) is 7.99. The number of hydrogen-bond acceptors (Lipinski definition) is 3. The molecule has 1 aromatic carbocycles. The van der Waals surface area contributed by atoms with Crippen LogP contribution in [0.3, 0.4) is 0 Å². The smallest absolute Gasteiger partial charge is 0.270 e. The lowest BCUT2D eigenvalue weighted by molar-refractivity contribution is 0.0911. The van der Waals surface area contributed by atoms with Crippen LogP contribution in [0.2, 0.25) is 5.02 Å². The maximum absolute atomic E-state index is 12.8. The zero-order valence-electron chi connectivity index (χ0n) is 14.6. The van der Waals surface area contributed by atoms with Gasteiger partial charge in [-0.3, -0.25) is 4.79 Å². The normalized spacial score (nSPS) is 11.6. The molecule has 6 heteroatoms. The Morgan fingerprint density at radius 2 is 1.92 bits per heavy atom. The Balaban J connectivity index is 2.13. The number of rotatable bonds is 3. The van der Waals surface area contributed by atoms with Crippen LogP contribution >= 0.6 is 11.6 Å². The fourth-order valence-corrected chi connectivity index (χ4v) is 2.66. The highest BCUT2D eigenvalue weighted by Crippen LogP contribution is 2.27. The van der Waals surface area contributed by atoms with Crippen LogP contribution in [0, 0.1) is 6.92 Å². The van der Waals surface area contributed by atoms with Gasteiger partial charge < -0.3 is 9.73 Å². The van der Waals surface area contributed by atoms with Gasteiger partial charge in [-0.2, -0.15) is 5.10 Å². The molecule has 0 atom stereocenters. The molecule has 0 saturated heterocycles. The highest BCUT2D eigenvalue weighted by molar-refractivity contribution is 6.32. The van der Waals surface area contributed by atoms with Crippen LogP contribution in [0.4, 0.5) is 0 Å². The van der Waals surface area contributed by atoms with Crippen molar-refractivity contribution in [2.45, 2.75) is 33.2 Å². The lowest BCUT2D eigenvalue weighted by Crippen LogP contribution is -2.41. The molecule has 2 heterocycles. The molecule has 0 radical (unpaired) electrons. The van der Waals surface area contributed by atoms with E-state index in [1.54, 1.807) is 16.8 Å². The predicted molar refractivity (Wildman–Crippen MR) is 98.2 cm³/mol. The first kappa shape index (κ1) is 17.3. The Labute approximate surface area is 151 Å². The molecule has 0 aliphatic rings. The lowest BCUT2D eigenvalue weighted by atomic mass is 10.1. The number of hydrogen-bond donors (Lipinski definition) is 1. The summed E-state index contributed by atoms with van der Waals surface area (Å²) in [6, 6.07) is 12.7. The summed E-state index contributed by atoms with van der Waals surface area (Å²) in [7, 11) is 0. The molecule has 0 unspecified atom stereocenters. The quantitative estimate of drug-likeness (QED) is 0.743. The van der Waals surface area contributed by atoms with E-state index in [-0.39, 0.29) is 11.4 Å². The minimum Gasteiger partial charge on any atom is -0.460 e. The fourth-order valence-electron chi connectivity index (χ4n) is 2.45. The largest absolute Gasteiger partial charge is 0.460 e. The Morgan fingerprint density at radius 1 is 1.20 bits per heavy atom. The van der Waals surface area contributed by atoms with Crippen LogP contribution in [0.1, 0.15) is 37.0 Å². The molecule has 1 amide bonds. The highest BCUT2D eigenvalue weighted by Gasteiger charge is 2.23. The van der Waals surface area contributed by atoms with E-state index in [1.807, 2.05) is 58.0 Å². The zero-order chi connectivity index (χ0) is 18.2. The van der Waals surface area contributed by atoms with E-state index in [4.69, 9.17) is 16.0 Å².